The second-order valence-electron chi connectivity index (χ2n) is 6.95. The summed E-state index contributed by atoms with van der Waals surface area (Å²) in [4.78, 5) is 2.67. The van der Waals surface area contributed by atoms with E-state index in [1.165, 1.54) is 56.3 Å². The number of rotatable bonds is 2. The van der Waals surface area contributed by atoms with Gasteiger partial charge in [0, 0.05) is 25.3 Å². The molecule has 0 spiro atoms. The van der Waals surface area contributed by atoms with E-state index in [4.69, 9.17) is 5.73 Å². The molecular weight excluding hydrogens is 232 g/mol. The number of fused-ring (bicyclic) bond motifs is 3. The SMILES string of the molecule is Nc1ccc2c(c1)CN(CC1CC3CCC1C3)CC2. The normalized spacial score (nSPS) is 33.6. The van der Waals surface area contributed by atoms with Gasteiger partial charge in [-0.05, 0) is 66.7 Å². The third-order valence-corrected chi connectivity index (χ3v) is 5.70. The van der Waals surface area contributed by atoms with Crippen LogP contribution in [0.15, 0.2) is 18.2 Å². The lowest BCUT2D eigenvalue weighted by atomic mass is 9.87. The number of hydrogen-bond acceptors (Lipinski definition) is 2. The Morgan fingerprint density at radius 1 is 1.16 bits per heavy atom. The van der Waals surface area contributed by atoms with Crippen molar-refractivity contribution < 1.29 is 0 Å². The van der Waals surface area contributed by atoms with Crippen LogP contribution in [0.2, 0.25) is 0 Å². The van der Waals surface area contributed by atoms with E-state index in [1.54, 1.807) is 0 Å². The van der Waals surface area contributed by atoms with Crippen molar-refractivity contribution in [3.05, 3.63) is 29.3 Å². The highest BCUT2D eigenvalue weighted by molar-refractivity contribution is 5.45. The average Bonchev–Trinajstić information content (AvgIpc) is 3.00. The van der Waals surface area contributed by atoms with Gasteiger partial charge >= 0.3 is 0 Å². The number of hydrogen-bond donors (Lipinski definition) is 1. The molecule has 0 radical (unpaired) electrons. The van der Waals surface area contributed by atoms with Crippen molar-refractivity contribution in [2.45, 2.75) is 38.6 Å². The quantitative estimate of drug-likeness (QED) is 0.824. The van der Waals surface area contributed by atoms with Gasteiger partial charge in [0.15, 0.2) is 0 Å². The van der Waals surface area contributed by atoms with Gasteiger partial charge in [0.1, 0.15) is 0 Å². The fourth-order valence-corrected chi connectivity index (χ4v) is 4.72. The number of anilines is 1. The Hall–Kier alpha value is -1.02. The molecule has 3 atom stereocenters. The molecule has 2 fully saturated rings. The van der Waals surface area contributed by atoms with Gasteiger partial charge < -0.3 is 5.73 Å². The molecule has 19 heavy (non-hydrogen) atoms. The fourth-order valence-electron chi connectivity index (χ4n) is 4.72. The van der Waals surface area contributed by atoms with E-state index in [1.807, 2.05) is 6.07 Å². The van der Waals surface area contributed by atoms with Gasteiger partial charge in [-0.25, -0.2) is 0 Å². The van der Waals surface area contributed by atoms with Crippen LogP contribution in [0, 0.1) is 17.8 Å². The molecular formula is C17H24N2. The highest BCUT2D eigenvalue weighted by Crippen LogP contribution is 2.48. The summed E-state index contributed by atoms with van der Waals surface area (Å²) in [6.45, 7) is 3.69. The first-order chi connectivity index (χ1) is 9.28. The van der Waals surface area contributed by atoms with E-state index in [9.17, 15) is 0 Å². The van der Waals surface area contributed by atoms with E-state index in [0.717, 1.165) is 30.0 Å². The van der Waals surface area contributed by atoms with E-state index < -0.39 is 0 Å². The highest BCUT2D eigenvalue weighted by atomic mass is 15.1. The molecule has 2 aliphatic carbocycles. The minimum absolute atomic E-state index is 0.917. The zero-order valence-electron chi connectivity index (χ0n) is 11.6. The first-order valence-electron chi connectivity index (χ1n) is 7.87. The first kappa shape index (κ1) is 11.8. The Labute approximate surface area is 116 Å². The molecule has 0 saturated heterocycles. The number of benzene rings is 1. The molecule has 0 amide bonds. The maximum atomic E-state index is 5.92. The molecule has 2 bridgehead atoms. The van der Waals surface area contributed by atoms with E-state index in [0.29, 0.717) is 0 Å². The summed E-state index contributed by atoms with van der Waals surface area (Å²) in [6.07, 6.45) is 7.26. The Kier molecular flexibility index (Phi) is 2.80. The molecule has 1 heterocycles. The van der Waals surface area contributed by atoms with Crippen LogP contribution in [0.4, 0.5) is 5.69 Å². The summed E-state index contributed by atoms with van der Waals surface area (Å²) < 4.78 is 0. The maximum absolute atomic E-state index is 5.92. The van der Waals surface area contributed by atoms with Crippen molar-refractivity contribution >= 4 is 5.69 Å². The van der Waals surface area contributed by atoms with E-state index in [-0.39, 0.29) is 0 Å². The standard InChI is InChI=1S/C17H24N2/c18-17-4-3-13-5-6-19(11-16(13)9-17)10-15-8-12-1-2-14(15)7-12/h3-4,9,12,14-15H,1-2,5-8,10-11,18H2. The van der Waals surface area contributed by atoms with Gasteiger partial charge in [-0.1, -0.05) is 12.5 Å². The Bertz CT molecular complexity index is 482. The van der Waals surface area contributed by atoms with Gasteiger partial charge in [-0.15, -0.1) is 0 Å². The lowest BCUT2D eigenvalue weighted by Gasteiger charge is -2.33. The van der Waals surface area contributed by atoms with Crippen LogP contribution in [0.5, 0.6) is 0 Å². The van der Waals surface area contributed by atoms with Crippen LogP contribution in [-0.2, 0) is 13.0 Å². The lowest BCUT2D eigenvalue weighted by molar-refractivity contribution is 0.177. The molecule has 1 aliphatic heterocycles. The summed E-state index contributed by atoms with van der Waals surface area (Å²) >= 11 is 0. The van der Waals surface area contributed by atoms with E-state index >= 15 is 0 Å². The fraction of sp³-hybridized carbons (Fsp3) is 0.647. The predicted octanol–water partition coefficient (Wildman–Crippen LogP) is 3.06. The average molecular weight is 256 g/mol. The zero-order chi connectivity index (χ0) is 12.8. The molecule has 2 N–H and O–H groups in total. The topological polar surface area (TPSA) is 29.3 Å². The Morgan fingerprint density at radius 3 is 2.89 bits per heavy atom. The predicted molar refractivity (Wildman–Crippen MR) is 78.8 cm³/mol. The van der Waals surface area contributed by atoms with Crippen molar-refractivity contribution in [1.82, 2.24) is 4.90 Å². The van der Waals surface area contributed by atoms with Crippen molar-refractivity contribution in [2.75, 3.05) is 18.8 Å². The molecule has 3 unspecified atom stereocenters. The van der Waals surface area contributed by atoms with Crippen molar-refractivity contribution in [2.24, 2.45) is 17.8 Å². The number of nitrogen functional groups attached to an aromatic ring is 1. The molecule has 102 valence electrons. The number of nitrogens with zero attached hydrogens (tertiary/aromatic N) is 1. The molecule has 2 heteroatoms. The molecule has 1 aromatic carbocycles. The Morgan fingerprint density at radius 2 is 2.11 bits per heavy atom. The minimum Gasteiger partial charge on any atom is -0.399 e. The van der Waals surface area contributed by atoms with Crippen LogP contribution < -0.4 is 5.73 Å². The van der Waals surface area contributed by atoms with Crippen molar-refractivity contribution in [1.29, 1.82) is 0 Å². The van der Waals surface area contributed by atoms with E-state index in [2.05, 4.69) is 17.0 Å². The zero-order valence-corrected chi connectivity index (χ0v) is 11.6. The summed E-state index contributed by atoms with van der Waals surface area (Å²) in [5.41, 5.74) is 9.82. The van der Waals surface area contributed by atoms with Crippen molar-refractivity contribution in [3.63, 3.8) is 0 Å². The summed E-state index contributed by atoms with van der Waals surface area (Å²) in [5, 5.41) is 0. The molecule has 2 nitrogen and oxygen atoms in total. The summed E-state index contributed by atoms with van der Waals surface area (Å²) in [6, 6.07) is 6.45. The second-order valence-corrected chi connectivity index (χ2v) is 6.95. The van der Waals surface area contributed by atoms with Crippen LogP contribution in [0.1, 0.15) is 36.8 Å². The van der Waals surface area contributed by atoms with Crippen LogP contribution in [-0.4, -0.2) is 18.0 Å². The highest BCUT2D eigenvalue weighted by Gasteiger charge is 2.40. The minimum atomic E-state index is 0.917. The third kappa shape index (κ3) is 2.16. The summed E-state index contributed by atoms with van der Waals surface area (Å²) in [5.74, 6) is 3.11. The monoisotopic (exact) mass is 256 g/mol. The molecule has 0 aromatic heterocycles. The van der Waals surface area contributed by atoms with Gasteiger partial charge in [-0.3, -0.25) is 4.90 Å². The maximum Gasteiger partial charge on any atom is 0.0317 e. The molecule has 3 aliphatic rings. The van der Waals surface area contributed by atoms with Gasteiger partial charge in [0.2, 0.25) is 0 Å². The molecule has 2 saturated carbocycles. The second kappa shape index (κ2) is 4.52. The third-order valence-electron chi connectivity index (χ3n) is 5.70. The smallest absolute Gasteiger partial charge is 0.0317 e. The molecule has 1 aromatic rings. The van der Waals surface area contributed by atoms with Crippen LogP contribution in [0.3, 0.4) is 0 Å². The number of nitrogens with two attached hydrogens (primary N) is 1. The first-order valence-corrected chi connectivity index (χ1v) is 7.87. The largest absolute Gasteiger partial charge is 0.399 e. The van der Waals surface area contributed by atoms with Crippen LogP contribution in [0.25, 0.3) is 0 Å². The molecule has 4 rings (SSSR count). The lowest BCUT2D eigenvalue weighted by Crippen LogP contribution is -2.36. The van der Waals surface area contributed by atoms with Crippen molar-refractivity contribution in [3.8, 4) is 0 Å². The summed E-state index contributed by atoms with van der Waals surface area (Å²) in [7, 11) is 0. The van der Waals surface area contributed by atoms with Crippen LogP contribution >= 0.6 is 0 Å². The Balaban J connectivity index is 1.44. The van der Waals surface area contributed by atoms with Gasteiger partial charge in [0.25, 0.3) is 0 Å². The van der Waals surface area contributed by atoms with Gasteiger partial charge in [-0.2, -0.15) is 0 Å². The van der Waals surface area contributed by atoms with Gasteiger partial charge in [0.05, 0.1) is 0 Å².